The summed E-state index contributed by atoms with van der Waals surface area (Å²) in [5, 5.41) is 18.6. The first-order valence-corrected chi connectivity index (χ1v) is 9.15. The van der Waals surface area contributed by atoms with Crippen molar-refractivity contribution in [1.29, 1.82) is 0 Å². The lowest BCUT2D eigenvalue weighted by Crippen LogP contribution is -2.04. The number of rotatable bonds is 4. The molecule has 3 aromatic heterocycles. The second-order valence-corrected chi connectivity index (χ2v) is 6.82. The first-order chi connectivity index (χ1) is 14.6. The van der Waals surface area contributed by atoms with Crippen LogP contribution in [0.5, 0.6) is 0 Å². The molecule has 0 saturated heterocycles. The lowest BCUT2D eigenvalue weighted by Gasteiger charge is -2.06. The Labute approximate surface area is 169 Å². The molecule has 30 heavy (non-hydrogen) atoms. The Kier molecular flexibility index (Phi) is 4.17. The number of benzene rings is 2. The molecule has 0 amide bonds. The number of fused-ring (bicyclic) bond motifs is 2. The largest absolute Gasteiger partial charge is 0.478 e. The Morgan fingerprint density at radius 3 is 2.77 bits per heavy atom. The van der Waals surface area contributed by atoms with Crippen LogP contribution < -0.4 is 0 Å². The summed E-state index contributed by atoms with van der Waals surface area (Å²) in [6.07, 6.45) is 1.75. The van der Waals surface area contributed by atoms with Crippen molar-refractivity contribution >= 4 is 28.0 Å². The highest BCUT2D eigenvalue weighted by Gasteiger charge is 2.14. The van der Waals surface area contributed by atoms with Gasteiger partial charge in [-0.2, -0.15) is 0 Å². The maximum Gasteiger partial charge on any atom is 0.338 e. The summed E-state index contributed by atoms with van der Waals surface area (Å²) >= 11 is 0. The lowest BCUT2D eigenvalue weighted by atomic mass is 10.1. The van der Waals surface area contributed by atoms with E-state index in [1.807, 2.05) is 30.3 Å². The van der Waals surface area contributed by atoms with Gasteiger partial charge in [-0.3, -0.25) is 4.98 Å². The van der Waals surface area contributed by atoms with Crippen molar-refractivity contribution in [3.8, 4) is 11.3 Å². The molecule has 1 N–H and O–H groups in total. The van der Waals surface area contributed by atoms with Crippen molar-refractivity contribution in [3.05, 3.63) is 83.8 Å². The minimum absolute atomic E-state index is 0.397. The van der Waals surface area contributed by atoms with Gasteiger partial charge in [-0.15, -0.1) is 5.10 Å². The zero-order chi connectivity index (χ0) is 20.7. The van der Waals surface area contributed by atoms with Gasteiger partial charge in [0.25, 0.3) is 0 Å². The number of pyridine rings is 2. The van der Waals surface area contributed by atoms with Gasteiger partial charge in [-0.1, -0.05) is 17.3 Å². The molecule has 0 bridgehead atoms. The average Bonchev–Trinajstić information content (AvgIpc) is 3.16. The van der Waals surface area contributed by atoms with Crippen LogP contribution in [0.2, 0.25) is 0 Å². The number of hydrogen-bond acceptors (Lipinski definition) is 5. The zero-order valence-electron chi connectivity index (χ0n) is 15.5. The molecular weight excluding hydrogens is 385 g/mol. The number of nitrogens with zero attached hydrogens (tertiary/aromatic N) is 5. The monoisotopic (exact) mass is 399 g/mol. The third-order valence-corrected chi connectivity index (χ3v) is 4.85. The smallest absolute Gasteiger partial charge is 0.338 e. The van der Waals surface area contributed by atoms with Crippen LogP contribution >= 0.6 is 0 Å². The average molecular weight is 399 g/mol. The summed E-state index contributed by atoms with van der Waals surface area (Å²) in [4.78, 5) is 20.2. The van der Waals surface area contributed by atoms with Gasteiger partial charge in [-0.25, -0.2) is 18.9 Å². The maximum absolute atomic E-state index is 13.7. The van der Waals surface area contributed by atoms with Crippen LogP contribution in [0.4, 0.5) is 4.39 Å². The molecule has 0 saturated carbocycles. The fourth-order valence-corrected chi connectivity index (χ4v) is 3.37. The summed E-state index contributed by atoms with van der Waals surface area (Å²) in [7, 11) is 0. The molecule has 0 radical (unpaired) electrons. The van der Waals surface area contributed by atoms with Gasteiger partial charge in [0.1, 0.15) is 11.3 Å². The van der Waals surface area contributed by atoms with E-state index < -0.39 is 17.3 Å². The van der Waals surface area contributed by atoms with Gasteiger partial charge in [0, 0.05) is 17.1 Å². The van der Waals surface area contributed by atoms with Crippen molar-refractivity contribution in [3.63, 3.8) is 0 Å². The quantitative estimate of drug-likeness (QED) is 0.492. The molecule has 0 unspecified atom stereocenters. The van der Waals surface area contributed by atoms with Crippen molar-refractivity contribution < 1.29 is 14.3 Å². The molecule has 0 fully saturated rings. The van der Waals surface area contributed by atoms with E-state index in [2.05, 4.69) is 20.3 Å². The first kappa shape index (κ1) is 17.9. The third kappa shape index (κ3) is 3.14. The fraction of sp³-hybridized carbons (Fsp3) is 0.0455. The standard InChI is InChI=1S/C22H14FN5O2/c23-17-5-4-15(11-16(17)22(29)30)19-7-8-20-21(25-19)28(27-26-20)12-13-3-6-18-14(10-13)2-1-9-24-18/h1-11H,12H2,(H,29,30). The Balaban J connectivity index is 1.54. The Morgan fingerprint density at radius 1 is 1.03 bits per heavy atom. The highest BCUT2D eigenvalue weighted by molar-refractivity contribution is 5.89. The predicted octanol–water partition coefficient (Wildman–Crippen LogP) is 3.93. The second kappa shape index (κ2) is 7.00. The molecule has 7 nitrogen and oxygen atoms in total. The normalized spacial score (nSPS) is 11.2. The van der Waals surface area contributed by atoms with E-state index in [1.165, 1.54) is 12.1 Å². The van der Waals surface area contributed by atoms with Crippen molar-refractivity contribution in [1.82, 2.24) is 25.0 Å². The molecule has 5 rings (SSSR count). The van der Waals surface area contributed by atoms with E-state index in [4.69, 9.17) is 0 Å². The van der Waals surface area contributed by atoms with Crippen molar-refractivity contribution in [2.75, 3.05) is 0 Å². The molecule has 146 valence electrons. The summed E-state index contributed by atoms with van der Waals surface area (Å²) in [6.45, 7) is 0.460. The number of carbonyl (C=O) groups is 1. The van der Waals surface area contributed by atoms with Crippen molar-refractivity contribution in [2.45, 2.75) is 6.54 Å². The minimum Gasteiger partial charge on any atom is -0.478 e. The molecule has 0 spiro atoms. The van der Waals surface area contributed by atoms with Gasteiger partial charge in [0.2, 0.25) is 0 Å². The lowest BCUT2D eigenvalue weighted by molar-refractivity contribution is 0.0692. The fourth-order valence-electron chi connectivity index (χ4n) is 3.37. The van der Waals surface area contributed by atoms with Crippen LogP contribution in [0.3, 0.4) is 0 Å². The van der Waals surface area contributed by atoms with Crippen LogP contribution in [0, 0.1) is 5.82 Å². The summed E-state index contributed by atoms with van der Waals surface area (Å²) in [5.41, 5.74) is 3.71. The van der Waals surface area contributed by atoms with Gasteiger partial charge in [-0.05, 0) is 54.1 Å². The van der Waals surface area contributed by atoms with Gasteiger partial charge in [0.15, 0.2) is 5.65 Å². The van der Waals surface area contributed by atoms with E-state index in [-0.39, 0.29) is 0 Å². The Bertz CT molecular complexity index is 1430. The van der Waals surface area contributed by atoms with Crippen LogP contribution in [0.25, 0.3) is 33.3 Å². The summed E-state index contributed by atoms with van der Waals surface area (Å²) in [6, 6.07) is 17.2. The van der Waals surface area contributed by atoms with Gasteiger partial charge in [0.05, 0.1) is 23.3 Å². The van der Waals surface area contributed by atoms with Crippen molar-refractivity contribution in [2.24, 2.45) is 0 Å². The molecule has 2 aromatic carbocycles. The van der Waals surface area contributed by atoms with Crippen LogP contribution in [0.1, 0.15) is 15.9 Å². The maximum atomic E-state index is 13.7. The second-order valence-electron chi connectivity index (χ2n) is 6.82. The molecular formula is C22H14FN5O2. The highest BCUT2D eigenvalue weighted by Crippen LogP contribution is 2.23. The van der Waals surface area contributed by atoms with E-state index in [0.717, 1.165) is 22.5 Å². The molecule has 0 aliphatic carbocycles. The summed E-state index contributed by atoms with van der Waals surface area (Å²) in [5.74, 6) is -2.11. The third-order valence-electron chi connectivity index (χ3n) is 4.85. The zero-order valence-corrected chi connectivity index (χ0v) is 15.5. The molecule has 5 aromatic rings. The van der Waals surface area contributed by atoms with Gasteiger partial charge >= 0.3 is 5.97 Å². The molecule has 8 heteroatoms. The Morgan fingerprint density at radius 2 is 1.90 bits per heavy atom. The van der Waals surface area contributed by atoms with Crippen LogP contribution in [0.15, 0.2) is 66.9 Å². The number of carboxylic acids is 1. The van der Waals surface area contributed by atoms with E-state index >= 15 is 0 Å². The topological polar surface area (TPSA) is 93.8 Å². The molecule has 3 heterocycles. The molecule has 0 aliphatic heterocycles. The predicted molar refractivity (Wildman–Crippen MR) is 109 cm³/mol. The molecule has 0 atom stereocenters. The van der Waals surface area contributed by atoms with Crippen LogP contribution in [-0.2, 0) is 6.54 Å². The SMILES string of the molecule is O=C(O)c1cc(-c2ccc3nnn(Cc4ccc5ncccc5c4)c3n2)ccc1F. The van der Waals surface area contributed by atoms with Crippen LogP contribution in [-0.4, -0.2) is 36.0 Å². The van der Waals surface area contributed by atoms with E-state index in [0.29, 0.717) is 29.0 Å². The molecule has 0 aliphatic rings. The minimum atomic E-state index is -1.33. The summed E-state index contributed by atoms with van der Waals surface area (Å²) < 4.78 is 15.4. The van der Waals surface area contributed by atoms with E-state index in [1.54, 1.807) is 23.0 Å². The number of halogens is 1. The number of aromatic carboxylic acids is 1. The number of aromatic nitrogens is 5. The first-order valence-electron chi connectivity index (χ1n) is 9.15. The van der Waals surface area contributed by atoms with E-state index in [9.17, 15) is 14.3 Å². The van der Waals surface area contributed by atoms with Gasteiger partial charge < -0.3 is 5.11 Å². The highest BCUT2D eigenvalue weighted by atomic mass is 19.1. The number of hydrogen-bond donors (Lipinski definition) is 1. The number of carboxylic acid groups (broad SMARTS) is 1. The Hall–Kier alpha value is -4.20.